The number of nitrogens with zero attached hydrogens (tertiary/aromatic N) is 5. The average Bonchev–Trinajstić information content (AvgIpc) is 3.38. The van der Waals surface area contributed by atoms with E-state index in [4.69, 9.17) is 15.2 Å². The zero-order chi connectivity index (χ0) is 28.0. The van der Waals surface area contributed by atoms with E-state index < -0.39 is 35.5 Å². The standard InChI is InChI=1S/C24H32FN9O4/c1-7-17(32-23(36)38-24(3,4)5)13(2)30-21-16(25)11-15(19(26)35)20(33-21)31-14-10-18(22(37-6)27-12-14)34-28-8-9-29-34/h8-13,17H,7H2,1-6H3,(H2,26,35)(H,32,36)(H2,30,31,33)/t13-,17+/m1/s1. The minimum atomic E-state index is -0.882. The Labute approximate surface area is 219 Å². The number of hydrogen-bond donors (Lipinski definition) is 4. The molecule has 0 fully saturated rings. The number of anilines is 3. The van der Waals surface area contributed by atoms with E-state index in [1.54, 1.807) is 33.8 Å². The molecule has 0 radical (unpaired) electrons. The van der Waals surface area contributed by atoms with Crippen molar-refractivity contribution in [2.45, 2.75) is 58.7 Å². The van der Waals surface area contributed by atoms with E-state index in [1.807, 2.05) is 6.92 Å². The number of amides is 2. The van der Waals surface area contributed by atoms with Crippen LogP contribution in [0.25, 0.3) is 5.69 Å². The van der Waals surface area contributed by atoms with E-state index in [2.05, 4.69) is 36.1 Å². The van der Waals surface area contributed by atoms with Gasteiger partial charge in [0.2, 0.25) is 5.88 Å². The highest BCUT2D eigenvalue weighted by atomic mass is 19.1. The Morgan fingerprint density at radius 3 is 2.45 bits per heavy atom. The van der Waals surface area contributed by atoms with Crippen LogP contribution < -0.4 is 26.4 Å². The minimum Gasteiger partial charge on any atom is -0.479 e. The highest BCUT2D eigenvalue weighted by molar-refractivity contribution is 5.98. The van der Waals surface area contributed by atoms with Crippen molar-refractivity contribution in [2.24, 2.45) is 5.73 Å². The van der Waals surface area contributed by atoms with Gasteiger partial charge in [-0.15, -0.1) is 4.80 Å². The Morgan fingerprint density at radius 1 is 1.18 bits per heavy atom. The van der Waals surface area contributed by atoms with Crippen molar-refractivity contribution in [3.63, 3.8) is 0 Å². The van der Waals surface area contributed by atoms with Crippen LogP contribution in [-0.2, 0) is 4.74 Å². The largest absolute Gasteiger partial charge is 0.479 e. The fourth-order valence-electron chi connectivity index (χ4n) is 3.52. The number of nitrogens with two attached hydrogens (primary N) is 1. The van der Waals surface area contributed by atoms with Crippen molar-refractivity contribution < 1.29 is 23.5 Å². The average molecular weight is 530 g/mol. The van der Waals surface area contributed by atoms with Crippen LogP contribution in [0.4, 0.5) is 26.5 Å². The fourth-order valence-corrected chi connectivity index (χ4v) is 3.52. The Balaban J connectivity index is 1.88. The summed E-state index contributed by atoms with van der Waals surface area (Å²) in [4.78, 5) is 34.1. The van der Waals surface area contributed by atoms with Gasteiger partial charge in [-0.05, 0) is 46.2 Å². The number of halogens is 1. The predicted octanol–water partition coefficient (Wildman–Crippen LogP) is 3.15. The van der Waals surface area contributed by atoms with E-state index >= 15 is 0 Å². The van der Waals surface area contributed by atoms with Gasteiger partial charge >= 0.3 is 6.09 Å². The molecule has 14 heteroatoms. The number of aromatic nitrogens is 5. The van der Waals surface area contributed by atoms with Crippen LogP contribution in [0.15, 0.2) is 30.7 Å². The molecule has 204 valence electrons. The predicted molar refractivity (Wildman–Crippen MR) is 138 cm³/mol. The van der Waals surface area contributed by atoms with E-state index in [0.29, 0.717) is 17.8 Å². The molecule has 0 bridgehead atoms. The molecule has 5 N–H and O–H groups in total. The summed E-state index contributed by atoms with van der Waals surface area (Å²) in [5, 5.41) is 16.9. The number of carbonyl (C=O) groups is 2. The second-order valence-corrected chi connectivity index (χ2v) is 9.37. The van der Waals surface area contributed by atoms with Crippen LogP contribution in [0.2, 0.25) is 0 Å². The SMILES string of the molecule is CC[C@H](NC(=O)OC(C)(C)C)[C@@H](C)Nc1nc(Nc2cnc(OC)c(-n3nccn3)c2)c(C(N)=O)cc1F. The quantitative estimate of drug-likeness (QED) is 0.306. The summed E-state index contributed by atoms with van der Waals surface area (Å²) in [5.41, 5.74) is 5.45. The fraction of sp³-hybridized carbons (Fsp3) is 0.417. The van der Waals surface area contributed by atoms with E-state index in [1.165, 1.54) is 30.5 Å². The van der Waals surface area contributed by atoms with Gasteiger partial charge in [0.25, 0.3) is 5.91 Å². The number of ether oxygens (including phenoxy) is 2. The van der Waals surface area contributed by atoms with Crippen LogP contribution in [0, 0.1) is 5.82 Å². The van der Waals surface area contributed by atoms with Crippen LogP contribution in [0.5, 0.6) is 5.88 Å². The van der Waals surface area contributed by atoms with Crippen LogP contribution in [0.1, 0.15) is 51.4 Å². The summed E-state index contributed by atoms with van der Waals surface area (Å²) < 4.78 is 25.6. The molecule has 0 aliphatic rings. The van der Waals surface area contributed by atoms with Gasteiger partial charge in [-0.2, -0.15) is 10.2 Å². The van der Waals surface area contributed by atoms with Crippen LogP contribution in [0.3, 0.4) is 0 Å². The third kappa shape index (κ3) is 7.05. The highest BCUT2D eigenvalue weighted by Crippen LogP contribution is 2.27. The zero-order valence-electron chi connectivity index (χ0n) is 22.1. The smallest absolute Gasteiger partial charge is 0.407 e. The molecule has 3 aromatic heterocycles. The summed E-state index contributed by atoms with van der Waals surface area (Å²) in [7, 11) is 1.45. The van der Waals surface area contributed by atoms with Crippen LogP contribution in [-0.4, -0.2) is 61.8 Å². The first-order chi connectivity index (χ1) is 17.9. The molecule has 0 saturated heterocycles. The van der Waals surface area contributed by atoms with E-state index in [9.17, 15) is 14.0 Å². The zero-order valence-corrected chi connectivity index (χ0v) is 22.1. The van der Waals surface area contributed by atoms with Gasteiger partial charge in [-0.1, -0.05) is 6.92 Å². The van der Waals surface area contributed by atoms with Gasteiger partial charge in [-0.25, -0.2) is 19.2 Å². The first-order valence-corrected chi connectivity index (χ1v) is 11.9. The lowest BCUT2D eigenvalue weighted by Gasteiger charge is -2.27. The highest BCUT2D eigenvalue weighted by Gasteiger charge is 2.24. The van der Waals surface area contributed by atoms with E-state index in [0.717, 1.165) is 6.07 Å². The molecule has 3 heterocycles. The monoisotopic (exact) mass is 529 g/mol. The van der Waals surface area contributed by atoms with Gasteiger partial charge in [0.05, 0.1) is 43.0 Å². The molecule has 2 amide bonds. The van der Waals surface area contributed by atoms with Crippen molar-refractivity contribution in [3.05, 3.63) is 42.1 Å². The van der Waals surface area contributed by atoms with Gasteiger partial charge in [-0.3, -0.25) is 4.79 Å². The molecule has 0 aliphatic carbocycles. The maximum absolute atomic E-state index is 15.0. The minimum absolute atomic E-state index is 0.00640. The lowest BCUT2D eigenvalue weighted by molar-refractivity contribution is 0.0498. The summed E-state index contributed by atoms with van der Waals surface area (Å²) in [5.74, 6) is -1.57. The number of rotatable bonds is 10. The Hall–Kier alpha value is -4.49. The second-order valence-electron chi connectivity index (χ2n) is 9.37. The van der Waals surface area contributed by atoms with Crippen molar-refractivity contribution in [1.82, 2.24) is 30.3 Å². The molecule has 0 spiro atoms. The van der Waals surface area contributed by atoms with Crippen molar-refractivity contribution in [2.75, 3.05) is 17.7 Å². The summed E-state index contributed by atoms with van der Waals surface area (Å²) in [6.07, 6.45) is 4.36. The lowest BCUT2D eigenvalue weighted by Crippen LogP contribution is -2.47. The Kier molecular flexibility index (Phi) is 8.65. The molecule has 3 aromatic rings. The molecule has 0 aromatic carbocycles. The number of primary amides is 1. The van der Waals surface area contributed by atoms with Gasteiger partial charge in [0, 0.05) is 6.04 Å². The Morgan fingerprint density at radius 2 is 1.87 bits per heavy atom. The van der Waals surface area contributed by atoms with E-state index in [-0.39, 0.29) is 23.1 Å². The molecule has 0 saturated carbocycles. The molecule has 13 nitrogen and oxygen atoms in total. The molecule has 2 atom stereocenters. The number of pyridine rings is 2. The summed E-state index contributed by atoms with van der Waals surface area (Å²) in [6, 6.07) is 1.74. The third-order valence-corrected chi connectivity index (χ3v) is 5.27. The third-order valence-electron chi connectivity index (χ3n) is 5.27. The molecule has 0 aliphatic heterocycles. The normalized spacial score (nSPS) is 12.8. The summed E-state index contributed by atoms with van der Waals surface area (Å²) >= 11 is 0. The lowest BCUT2D eigenvalue weighted by atomic mass is 10.1. The Bertz CT molecular complexity index is 1280. The topological polar surface area (TPSA) is 171 Å². The second kappa shape index (κ2) is 11.7. The molecular weight excluding hydrogens is 497 g/mol. The van der Waals surface area contributed by atoms with Crippen molar-refractivity contribution in [3.8, 4) is 11.6 Å². The number of nitrogens with one attached hydrogen (secondary N) is 3. The molecule has 0 unspecified atom stereocenters. The number of hydrogen-bond acceptors (Lipinski definition) is 10. The van der Waals surface area contributed by atoms with Crippen molar-refractivity contribution in [1.29, 1.82) is 0 Å². The molecule has 38 heavy (non-hydrogen) atoms. The van der Waals surface area contributed by atoms with Crippen LogP contribution >= 0.6 is 0 Å². The maximum Gasteiger partial charge on any atom is 0.407 e. The number of alkyl carbamates (subject to hydrolysis) is 1. The summed E-state index contributed by atoms with van der Waals surface area (Å²) in [6.45, 7) is 8.91. The first-order valence-electron chi connectivity index (χ1n) is 11.9. The van der Waals surface area contributed by atoms with Crippen molar-refractivity contribution >= 4 is 29.3 Å². The first kappa shape index (κ1) is 28.1. The maximum atomic E-state index is 15.0. The number of methoxy groups -OCH3 is 1. The number of carbonyl (C=O) groups excluding carboxylic acids is 2. The van der Waals surface area contributed by atoms with Gasteiger partial charge < -0.3 is 31.2 Å². The van der Waals surface area contributed by atoms with Gasteiger partial charge in [0.15, 0.2) is 11.6 Å². The molecule has 3 rings (SSSR count). The molecular formula is C24H32FN9O4. The van der Waals surface area contributed by atoms with Gasteiger partial charge in [0.1, 0.15) is 17.1 Å².